The largest absolute Gasteiger partial charge is 0.0885 e. The Bertz CT molecular complexity index is 240. The number of allylic oxidation sites excluding steroid dienone is 2. The van der Waals surface area contributed by atoms with Crippen molar-refractivity contribution in [3.8, 4) is 0 Å². The predicted octanol–water partition coefficient (Wildman–Crippen LogP) is 9.77. The molecule has 0 bridgehead atoms. The molecule has 0 saturated heterocycles. The van der Waals surface area contributed by atoms with Gasteiger partial charge in [0, 0.05) is 0 Å². The number of unbranched alkanes of at least 4 members (excludes halogenated alkanes) is 19. The lowest BCUT2D eigenvalue weighted by Crippen LogP contribution is -1.82. The monoisotopic (exact) mass is 350 g/mol. The van der Waals surface area contributed by atoms with E-state index < -0.39 is 0 Å². The van der Waals surface area contributed by atoms with Gasteiger partial charge in [-0.05, 0) is 25.7 Å². The van der Waals surface area contributed by atoms with Crippen LogP contribution in [-0.2, 0) is 0 Å². The van der Waals surface area contributed by atoms with Gasteiger partial charge < -0.3 is 0 Å². The van der Waals surface area contributed by atoms with Gasteiger partial charge in [-0.1, -0.05) is 135 Å². The highest BCUT2D eigenvalue weighted by Crippen LogP contribution is 2.13. The Morgan fingerprint density at radius 3 is 0.840 bits per heavy atom. The second-order valence-electron chi connectivity index (χ2n) is 8.06. The van der Waals surface area contributed by atoms with Crippen LogP contribution in [0.3, 0.4) is 0 Å². The molecule has 0 rings (SSSR count). The molecule has 0 aromatic heterocycles. The van der Waals surface area contributed by atoms with Crippen molar-refractivity contribution in [1.29, 1.82) is 0 Å². The highest BCUT2D eigenvalue weighted by Gasteiger charge is 1.93. The summed E-state index contributed by atoms with van der Waals surface area (Å²) in [6, 6.07) is 0. The van der Waals surface area contributed by atoms with Crippen molar-refractivity contribution in [2.75, 3.05) is 0 Å². The third kappa shape index (κ3) is 23.7. The van der Waals surface area contributed by atoms with E-state index in [0.29, 0.717) is 0 Å². The molecule has 0 amide bonds. The van der Waals surface area contributed by atoms with Crippen LogP contribution in [0, 0.1) is 0 Å². The lowest BCUT2D eigenvalue weighted by atomic mass is 10.0. The van der Waals surface area contributed by atoms with Crippen molar-refractivity contribution in [2.24, 2.45) is 0 Å². The van der Waals surface area contributed by atoms with Gasteiger partial charge in [0.2, 0.25) is 0 Å². The van der Waals surface area contributed by atoms with Crippen molar-refractivity contribution >= 4 is 0 Å². The maximum atomic E-state index is 2.44. The number of hydrogen-bond acceptors (Lipinski definition) is 0. The van der Waals surface area contributed by atoms with Crippen LogP contribution in [0.5, 0.6) is 0 Å². The summed E-state index contributed by atoms with van der Waals surface area (Å²) in [4.78, 5) is 0. The molecular weight excluding hydrogens is 300 g/mol. The van der Waals surface area contributed by atoms with Crippen LogP contribution in [0.4, 0.5) is 0 Å². The van der Waals surface area contributed by atoms with Crippen molar-refractivity contribution in [3.63, 3.8) is 0 Å². The second-order valence-corrected chi connectivity index (χ2v) is 8.06. The van der Waals surface area contributed by atoms with Gasteiger partial charge in [-0.2, -0.15) is 0 Å². The quantitative estimate of drug-likeness (QED) is 0.143. The Morgan fingerprint density at radius 2 is 0.560 bits per heavy atom. The van der Waals surface area contributed by atoms with Gasteiger partial charge in [-0.15, -0.1) is 0 Å². The summed E-state index contributed by atoms with van der Waals surface area (Å²) in [5, 5.41) is 0. The highest BCUT2D eigenvalue weighted by molar-refractivity contribution is 4.81. The van der Waals surface area contributed by atoms with Crippen LogP contribution in [0.25, 0.3) is 0 Å². The van der Waals surface area contributed by atoms with E-state index in [9.17, 15) is 0 Å². The van der Waals surface area contributed by atoms with E-state index in [2.05, 4.69) is 26.0 Å². The average Bonchev–Trinajstić information content (AvgIpc) is 2.63. The SMILES string of the molecule is CCCCCCCCCC=CCCCCCCCCCCCCCC. The van der Waals surface area contributed by atoms with Crippen LogP contribution < -0.4 is 0 Å². The van der Waals surface area contributed by atoms with Crippen molar-refractivity contribution in [3.05, 3.63) is 12.2 Å². The molecule has 0 aliphatic rings. The van der Waals surface area contributed by atoms with E-state index in [-0.39, 0.29) is 0 Å². The van der Waals surface area contributed by atoms with E-state index in [1.165, 1.54) is 135 Å². The zero-order chi connectivity index (χ0) is 18.3. The van der Waals surface area contributed by atoms with Gasteiger partial charge in [-0.25, -0.2) is 0 Å². The third-order valence-corrected chi connectivity index (χ3v) is 5.37. The van der Waals surface area contributed by atoms with Gasteiger partial charge in [0.15, 0.2) is 0 Å². The molecule has 0 radical (unpaired) electrons. The van der Waals surface area contributed by atoms with Crippen LogP contribution in [0.2, 0.25) is 0 Å². The summed E-state index contributed by atoms with van der Waals surface area (Å²) < 4.78 is 0. The Morgan fingerprint density at radius 1 is 0.320 bits per heavy atom. The molecule has 0 aromatic carbocycles. The minimum atomic E-state index is 1.31. The molecule has 0 N–H and O–H groups in total. The van der Waals surface area contributed by atoms with Crippen molar-refractivity contribution in [1.82, 2.24) is 0 Å². The first-order chi connectivity index (χ1) is 12.4. The van der Waals surface area contributed by atoms with Gasteiger partial charge in [0.1, 0.15) is 0 Å². The van der Waals surface area contributed by atoms with Crippen LogP contribution in [0.15, 0.2) is 12.2 Å². The third-order valence-electron chi connectivity index (χ3n) is 5.37. The van der Waals surface area contributed by atoms with Gasteiger partial charge in [0.25, 0.3) is 0 Å². The summed E-state index contributed by atoms with van der Waals surface area (Å²) >= 11 is 0. The topological polar surface area (TPSA) is 0 Å². The molecule has 150 valence electrons. The van der Waals surface area contributed by atoms with Crippen LogP contribution in [0.1, 0.15) is 149 Å². The standard InChI is InChI=1S/C25H50/c1-3-5-7-9-11-13-15-17-19-21-23-25-24-22-20-18-16-14-12-10-8-6-4-2/h19,21H,3-18,20,22-25H2,1-2H3. The molecule has 0 atom stereocenters. The summed E-state index contributed by atoms with van der Waals surface area (Å²) in [5.41, 5.74) is 0. The van der Waals surface area contributed by atoms with E-state index in [1.54, 1.807) is 0 Å². The minimum absolute atomic E-state index is 1.31. The van der Waals surface area contributed by atoms with E-state index >= 15 is 0 Å². The van der Waals surface area contributed by atoms with Crippen molar-refractivity contribution in [2.45, 2.75) is 149 Å². The van der Waals surface area contributed by atoms with Crippen LogP contribution in [-0.4, -0.2) is 0 Å². The van der Waals surface area contributed by atoms with Gasteiger partial charge >= 0.3 is 0 Å². The van der Waals surface area contributed by atoms with E-state index in [1.807, 2.05) is 0 Å². The Labute approximate surface area is 161 Å². The maximum Gasteiger partial charge on any atom is -0.0351 e. The molecule has 25 heavy (non-hydrogen) atoms. The zero-order valence-electron chi connectivity index (χ0n) is 18.0. The fourth-order valence-corrected chi connectivity index (χ4v) is 3.56. The molecule has 0 fully saturated rings. The van der Waals surface area contributed by atoms with Gasteiger partial charge in [-0.3, -0.25) is 0 Å². The predicted molar refractivity (Wildman–Crippen MR) is 117 cm³/mol. The maximum absolute atomic E-state index is 2.44. The fraction of sp³-hybridized carbons (Fsp3) is 0.920. The molecule has 0 spiro atoms. The van der Waals surface area contributed by atoms with Gasteiger partial charge in [0.05, 0.1) is 0 Å². The number of rotatable bonds is 21. The molecule has 0 heteroatoms. The van der Waals surface area contributed by atoms with Crippen molar-refractivity contribution < 1.29 is 0 Å². The molecule has 0 nitrogen and oxygen atoms in total. The first kappa shape index (κ1) is 24.7. The Hall–Kier alpha value is -0.260. The van der Waals surface area contributed by atoms with E-state index in [4.69, 9.17) is 0 Å². The average molecular weight is 351 g/mol. The fourth-order valence-electron chi connectivity index (χ4n) is 3.56. The molecule has 0 aromatic rings. The summed E-state index contributed by atoms with van der Waals surface area (Å²) in [7, 11) is 0. The molecule has 0 heterocycles. The van der Waals surface area contributed by atoms with Crippen LogP contribution >= 0.6 is 0 Å². The Balaban J connectivity index is 3.03. The first-order valence-corrected chi connectivity index (χ1v) is 12.1. The summed E-state index contributed by atoms with van der Waals surface area (Å²) in [6.07, 6.45) is 34.9. The summed E-state index contributed by atoms with van der Waals surface area (Å²) in [5.74, 6) is 0. The minimum Gasteiger partial charge on any atom is -0.0885 e. The second kappa shape index (κ2) is 23.7. The molecule has 0 unspecified atom stereocenters. The number of hydrogen-bond donors (Lipinski definition) is 0. The Kier molecular flexibility index (Phi) is 23.5. The molecule has 0 aliphatic carbocycles. The van der Waals surface area contributed by atoms with E-state index in [0.717, 1.165) is 0 Å². The zero-order valence-corrected chi connectivity index (χ0v) is 18.0. The molecule has 0 aliphatic heterocycles. The molecule has 0 saturated carbocycles. The highest BCUT2D eigenvalue weighted by atomic mass is 14.0. The normalized spacial score (nSPS) is 11.6. The first-order valence-electron chi connectivity index (χ1n) is 12.1. The lowest BCUT2D eigenvalue weighted by Gasteiger charge is -2.02. The summed E-state index contributed by atoms with van der Waals surface area (Å²) in [6.45, 7) is 4.59. The molecular formula is C25H50. The smallest absolute Gasteiger partial charge is 0.0351 e. The lowest BCUT2D eigenvalue weighted by molar-refractivity contribution is 0.545.